The van der Waals surface area contributed by atoms with Crippen LogP contribution in [0.25, 0.3) is 0 Å². The van der Waals surface area contributed by atoms with Gasteiger partial charge in [0.15, 0.2) is 0 Å². The lowest BCUT2D eigenvalue weighted by Crippen LogP contribution is -2.23. The third-order valence-corrected chi connectivity index (χ3v) is 5.59. The molecule has 0 bridgehead atoms. The van der Waals surface area contributed by atoms with Crippen LogP contribution in [0.15, 0.2) is 12.2 Å². The van der Waals surface area contributed by atoms with E-state index in [0.717, 1.165) is 51.4 Å². The molecular formula is C22H38O5. The molecule has 1 saturated carbocycles. The quantitative estimate of drug-likeness (QED) is 0.286. The SMILES string of the molecule is CCCC[C@](C)(O)C/C=C/[C@H]1C(O)CC(=O)C1CCCCCCC(=O)OC. The van der Waals surface area contributed by atoms with Crippen LogP contribution in [0.4, 0.5) is 0 Å². The number of methoxy groups -OCH3 is 1. The summed E-state index contributed by atoms with van der Waals surface area (Å²) in [5.41, 5.74) is -0.727. The summed E-state index contributed by atoms with van der Waals surface area (Å²) in [4.78, 5) is 23.3. The van der Waals surface area contributed by atoms with Crippen LogP contribution < -0.4 is 0 Å². The molecule has 2 N–H and O–H groups in total. The zero-order chi connectivity index (χ0) is 20.3. The number of aliphatic hydroxyl groups excluding tert-OH is 1. The van der Waals surface area contributed by atoms with Crippen LogP contribution in [0.1, 0.15) is 84.5 Å². The number of aliphatic hydroxyl groups is 2. The van der Waals surface area contributed by atoms with Crippen LogP contribution in [-0.4, -0.2) is 40.8 Å². The number of carbonyl (C=O) groups excluding carboxylic acids is 2. The second-order valence-corrected chi connectivity index (χ2v) is 8.18. The van der Waals surface area contributed by atoms with E-state index in [-0.39, 0.29) is 30.0 Å². The normalized spacial score (nSPS) is 25.1. The summed E-state index contributed by atoms with van der Waals surface area (Å²) in [5.74, 6) is -0.305. The third kappa shape index (κ3) is 9.02. The zero-order valence-electron chi connectivity index (χ0n) is 17.3. The maximum absolute atomic E-state index is 12.2. The summed E-state index contributed by atoms with van der Waals surface area (Å²) in [7, 11) is 1.40. The van der Waals surface area contributed by atoms with Crippen molar-refractivity contribution in [2.75, 3.05) is 7.11 Å². The minimum atomic E-state index is -0.727. The molecule has 5 heteroatoms. The van der Waals surface area contributed by atoms with Crippen molar-refractivity contribution in [2.45, 2.75) is 96.2 Å². The third-order valence-electron chi connectivity index (χ3n) is 5.59. The Morgan fingerprint density at radius 2 is 1.96 bits per heavy atom. The lowest BCUT2D eigenvalue weighted by atomic mass is 9.87. The standard InChI is InChI=1S/C22H38O5/c1-4-5-14-22(2,26)15-10-12-18-17(19(23)16-20(18)24)11-8-6-7-9-13-21(25)27-3/h10,12,17-18,20,24,26H,4-9,11,13-16H2,1-3H3/b12-10+/t17?,18-,20?,22+/m1/s1. The van der Waals surface area contributed by atoms with Gasteiger partial charge in [-0.25, -0.2) is 0 Å². The number of carbonyl (C=O) groups is 2. The number of hydrogen-bond donors (Lipinski definition) is 2. The first-order chi connectivity index (χ1) is 12.8. The minimum absolute atomic E-state index is 0.127. The molecule has 1 aliphatic carbocycles. The fraction of sp³-hybridized carbons (Fsp3) is 0.818. The number of ether oxygens (including phenoxy) is 1. The lowest BCUT2D eigenvalue weighted by molar-refractivity contribution is -0.140. The van der Waals surface area contributed by atoms with Crippen LogP contribution in [0, 0.1) is 11.8 Å². The van der Waals surface area contributed by atoms with E-state index in [1.54, 1.807) is 0 Å². The first kappa shape index (κ1) is 23.8. The van der Waals surface area contributed by atoms with Gasteiger partial charge in [-0.3, -0.25) is 9.59 Å². The highest BCUT2D eigenvalue weighted by atomic mass is 16.5. The molecule has 1 aliphatic rings. The van der Waals surface area contributed by atoms with E-state index in [1.807, 2.05) is 19.1 Å². The van der Waals surface area contributed by atoms with Crippen molar-refractivity contribution < 1.29 is 24.5 Å². The minimum Gasteiger partial charge on any atom is -0.469 e. The fourth-order valence-electron chi connectivity index (χ4n) is 3.82. The number of rotatable bonds is 13. The monoisotopic (exact) mass is 382 g/mol. The molecule has 5 nitrogen and oxygen atoms in total. The first-order valence-electron chi connectivity index (χ1n) is 10.5. The highest BCUT2D eigenvalue weighted by molar-refractivity contribution is 5.84. The van der Waals surface area contributed by atoms with Gasteiger partial charge in [0, 0.05) is 24.7 Å². The lowest BCUT2D eigenvalue weighted by Gasteiger charge is -2.22. The van der Waals surface area contributed by atoms with Gasteiger partial charge >= 0.3 is 5.97 Å². The predicted octanol–water partition coefficient (Wildman–Crippen LogP) is 3.95. The molecule has 0 aromatic rings. The Morgan fingerprint density at radius 1 is 1.26 bits per heavy atom. The maximum Gasteiger partial charge on any atom is 0.305 e. The molecule has 0 aliphatic heterocycles. The predicted molar refractivity (Wildman–Crippen MR) is 106 cm³/mol. The van der Waals surface area contributed by atoms with Gasteiger partial charge in [0.05, 0.1) is 18.8 Å². The molecule has 1 fully saturated rings. The highest BCUT2D eigenvalue weighted by Gasteiger charge is 2.39. The van der Waals surface area contributed by atoms with Gasteiger partial charge in [-0.1, -0.05) is 51.2 Å². The Morgan fingerprint density at radius 3 is 2.63 bits per heavy atom. The van der Waals surface area contributed by atoms with E-state index in [0.29, 0.717) is 12.8 Å². The van der Waals surface area contributed by atoms with Crippen LogP contribution in [-0.2, 0) is 14.3 Å². The van der Waals surface area contributed by atoms with Crippen molar-refractivity contribution >= 4 is 11.8 Å². The summed E-state index contributed by atoms with van der Waals surface area (Å²) >= 11 is 0. The second kappa shape index (κ2) is 12.3. The smallest absolute Gasteiger partial charge is 0.305 e. The van der Waals surface area contributed by atoms with E-state index in [2.05, 4.69) is 11.7 Å². The molecule has 0 heterocycles. The summed E-state index contributed by atoms with van der Waals surface area (Å²) in [6.45, 7) is 3.95. The van der Waals surface area contributed by atoms with Gasteiger partial charge < -0.3 is 14.9 Å². The average molecular weight is 383 g/mol. The molecule has 2 unspecified atom stereocenters. The average Bonchev–Trinajstić information content (AvgIpc) is 2.89. The summed E-state index contributed by atoms with van der Waals surface area (Å²) in [6, 6.07) is 0. The Kier molecular flexibility index (Phi) is 10.9. The van der Waals surface area contributed by atoms with Gasteiger partial charge in [0.25, 0.3) is 0 Å². The molecule has 0 radical (unpaired) electrons. The summed E-state index contributed by atoms with van der Waals surface area (Å²) < 4.78 is 4.62. The second-order valence-electron chi connectivity index (χ2n) is 8.18. The van der Waals surface area contributed by atoms with Crippen molar-refractivity contribution in [2.24, 2.45) is 11.8 Å². The van der Waals surface area contributed by atoms with E-state index < -0.39 is 11.7 Å². The molecule has 156 valence electrons. The van der Waals surface area contributed by atoms with Crippen molar-refractivity contribution in [3.8, 4) is 0 Å². The van der Waals surface area contributed by atoms with Gasteiger partial charge in [0.2, 0.25) is 0 Å². The van der Waals surface area contributed by atoms with Gasteiger partial charge in [0.1, 0.15) is 5.78 Å². The van der Waals surface area contributed by atoms with Gasteiger partial charge in [-0.15, -0.1) is 0 Å². The number of ketones is 1. The zero-order valence-corrected chi connectivity index (χ0v) is 17.3. The summed E-state index contributed by atoms with van der Waals surface area (Å²) in [6.07, 6.45) is 11.7. The van der Waals surface area contributed by atoms with E-state index in [4.69, 9.17) is 0 Å². The number of unbranched alkanes of at least 4 members (excludes halogenated alkanes) is 4. The number of hydrogen-bond acceptors (Lipinski definition) is 5. The molecule has 0 aromatic carbocycles. The van der Waals surface area contributed by atoms with Crippen molar-refractivity contribution in [1.29, 1.82) is 0 Å². The Balaban J connectivity index is 2.42. The van der Waals surface area contributed by atoms with Crippen molar-refractivity contribution in [1.82, 2.24) is 0 Å². The maximum atomic E-state index is 12.2. The summed E-state index contributed by atoms with van der Waals surface area (Å²) in [5, 5.41) is 20.6. The Bertz CT molecular complexity index is 483. The number of esters is 1. The molecule has 0 amide bonds. The van der Waals surface area contributed by atoms with Crippen LogP contribution in [0.2, 0.25) is 0 Å². The molecule has 0 spiro atoms. The highest BCUT2D eigenvalue weighted by Crippen LogP contribution is 2.34. The van der Waals surface area contributed by atoms with Crippen LogP contribution in [0.3, 0.4) is 0 Å². The van der Waals surface area contributed by atoms with E-state index in [1.165, 1.54) is 7.11 Å². The fourth-order valence-corrected chi connectivity index (χ4v) is 3.82. The Labute approximate surface area is 164 Å². The van der Waals surface area contributed by atoms with Gasteiger partial charge in [-0.2, -0.15) is 0 Å². The van der Waals surface area contributed by atoms with Crippen molar-refractivity contribution in [3.05, 3.63) is 12.2 Å². The molecule has 4 atom stereocenters. The first-order valence-corrected chi connectivity index (χ1v) is 10.5. The van der Waals surface area contributed by atoms with Crippen LogP contribution >= 0.6 is 0 Å². The topological polar surface area (TPSA) is 83.8 Å². The largest absolute Gasteiger partial charge is 0.469 e. The number of Topliss-reactive ketones (excluding diaryl/α,β-unsaturated/α-hetero) is 1. The molecule has 0 aromatic heterocycles. The van der Waals surface area contributed by atoms with Crippen LogP contribution in [0.5, 0.6) is 0 Å². The molecule has 27 heavy (non-hydrogen) atoms. The van der Waals surface area contributed by atoms with E-state index in [9.17, 15) is 19.8 Å². The van der Waals surface area contributed by atoms with Crippen molar-refractivity contribution in [3.63, 3.8) is 0 Å². The van der Waals surface area contributed by atoms with Gasteiger partial charge in [-0.05, 0) is 32.6 Å². The van der Waals surface area contributed by atoms with E-state index >= 15 is 0 Å². The molecule has 0 saturated heterocycles. The Hall–Kier alpha value is -1.20. The molecular weight excluding hydrogens is 344 g/mol. The molecule has 1 rings (SSSR count).